The van der Waals surface area contributed by atoms with Crippen molar-refractivity contribution in [1.82, 2.24) is 14.8 Å². The van der Waals surface area contributed by atoms with Gasteiger partial charge in [0.15, 0.2) is 6.10 Å². The summed E-state index contributed by atoms with van der Waals surface area (Å²) in [5.74, 6) is 1.42. The molecular formula is C26H20Cl2N4OS. The van der Waals surface area contributed by atoms with Gasteiger partial charge in [-0.1, -0.05) is 83.0 Å². The number of thioether (sulfide) groups is 1. The standard InChI is InChI=1S/C26H20Cl2N4OS/c1-14-7-9-15(10-8-14)23-21-22(29-25-30-26(34-2)31-32(23)25)18-13-16(27)11-12-20(18)33-24(21)17-5-3-4-6-19(17)28/h3-13,23-24H,1-2H3,(H,29,30,31)/t23-,24-/m0/s1. The summed E-state index contributed by atoms with van der Waals surface area (Å²) < 4.78 is 8.58. The molecule has 0 unspecified atom stereocenters. The van der Waals surface area contributed by atoms with Crippen LogP contribution in [0.4, 0.5) is 5.95 Å². The molecule has 2 aliphatic heterocycles. The van der Waals surface area contributed by atoms with Gasteiger partial charge in [0.25, 0.3) is 0 Å². The monoisotopic (exact) mass is 506 g/mol. The molecule has 0 radical (unpaired) electrons. The van der Waals surface area contributed by atoms with E-state index in [1.54, 1.807) is 0 Å². The first-order valence-electron chi connectivity index (χ1n) is 10.8. The van der Waals surface area contributed by atoms with E-state index in [0.29, 0.717) is 21.2 Å². The quantitative estimate of drug-likeness (QED) is 0.298. The molecule has 6 rings (SSSR count). The number of nitrogens with zero attached hydrogens (tertiary/aromatic N) is 3. The van der Waals surface area contributed by atoms with Crippen molar-refractivity contribution >= 4 is 46.6 Å². The van der Waals surface area contributed by atoms with E-state index in [0.717, 1.165) is 33.7 Å². The molecule has 8 heteroatoms. The van der Waals surface area contributed by atoms with Crippen LogP contribution in [0.15, 0.2) is 77.5 Å². The van der Waals surface area contributed by atoms with Gasteiger partial charge < -0.3 is 10.1 Å². The molecule has 0 spiro atoms. The summed E-state index contributed by atoms with van der Waals surface area (Å²) in [6.45, 7) is 2.08. The fraction of sp³-hybridized carbons (Fsp3) is 0.154. The summed E-state index contributed by atoms with van der Waals surface area (Å²) in [6, 6.07) is 21.7. The van der Waals surface area contributed by atoms with Gasteiger partial charge in [-0.15, -0.1) is 5.10 Å². The average molecular weight is 507 g/mol. The van der Waals surface area contributed by atoms with Crippen molar-refractivity contribution in [2.75, 3.05) is 11.6 Å². The van der Waals surface area contributed by atoms with Gasteiger partial charge in [-0.3, -0.25) is 0 Å². The van der Waals surface area contributed by atoms with Crippen LogP contribution >= 0.6 is 35.0 Å². The first-order valence-corrected chi connectivity index (χ1v) is 12.8. The van der Waals surface area contributed by atoms with E-state index in [9.17, 15) is 0 Å². The van der Waals surface area contributed by atoms with E-state index < -0.39 is 6.10 Å². The maximum atomic E-state index is 6.70. The number of benzene rings is 3. The van der Waals surface area contributed by atoms with E-state index in [2.05, 4.69) is 36.5 Å². The lowest BCUT2D eigenvalue weighted by molar-refractivity contribution is 0.223. The molecule has 0 amide bonds. The van der Waals surface area contributed by atoms with Crippen molar-refractivity contribution in [2.24, 2.45) is 0 Å². The maximum Gasteiger partial charge on any atom is 0.227 e. The second-order valence-corrected chi connectivity index (χ2v) is 9.91. The lowest BCUT2D eigenvalue weighted by atomic mass is 9.84. The molecule has 2 atom stereocenters. The Bertz CT molecular complexity index is 1450. The van der Waals surface area contributed by atoms with Crippen molar-refractivity contribution in [1.29, 1.82) is 0 Å². The van der Waals surface area contributed by atoms with Crippen LogP contribution in [0.25, 0.3) is 5.70 Å². The number of aryl methyl sites for hydroxylation is 1. The SMILES string of the molecule is CSc1nc2n(n1)[C@@H](c1ccc(C)cc1)C1=C(N2)c2cc(Cl)ccc2O[C@H]1c1ccccc1Cl. The van der Waals surface area contributed by atoms with Crippen LogP contribution in [0.5, 0.6) is 5.75 Å². The predicted molar refractivity (Wildman–Crippen MR) is 138 cm³/mol. The Kier molecular flexibility index (Phi) is 5.32. The fourth-order valence-electron chi connectivity index (χ4n) is 4.58. The van der Waals surface area contributed by atoms with Crippen LogP contribution in [0.2, 0.25) is 10.0 Å². The van der Waals surface area contributed by atoms with Gasteiger partial charge in [-0.25, -0.2) is 4.68 Å². The van der Waals surface area contributed by atoms with E-state index >= 15 is 0 Å². The molecule has 5 nitrogen and oxygen atoms in total. The van der Waals surface area contributed by atoms with Crippen LogP contribution in [-0.2, 0) is 0 Å². The Balaban J connectivity index is 1.66. The van der Waals surface area contributed by atoms with Crippen LogP contribution in [-0.4, -0.2) is 21.0 Å². The number of aromatic nitrogens is 3. The lowest BCUT2D eigenvalue weighted by Gasteiger charge is -2.39. The summed E-state index contributed by atoms with van der Waals surface area (Å²) in [6.07, 6.45) is 1.55. The highest BCUT2D eigenvalue weighted by Gasteiger charge is 2.42. The molecule has 3 aromatic carbocycles. The topological polar surface area (TPSA) is 52.0 Å². The van der Waals surface area contributed by atoms with Crippen molar-refractivity contribution in [3.8, 4) is 5.75 Å². The summed E-state index contributed by atoms with van der Waals surface area (Å²) in [4.78, 5) is 4.73. The van der Waals surface area contributed by atoms with Gasteiger partial charge in [0.05, 0.1) is 5.70 Å². The number of anilines is 1. The van der Waals surface area contributed by atoms with Crippen molar-refractivity contribution in [3.63, 3.8) is 0 Å². The smallest absolute Gasteiger partial charge is 0.227 e. The molecular weight excluding hydrogens is 487 g/mol. The summed E-state index contributed by atoms with van der Waals surface area (Å²) in [5.41, 5.74) is 6.00. The summed E-state index contributed by atoms with van der Waals surface area (Å²) in [7, 11) is 0. The number of hydrogen-bond acceptors (Lipinski definition) is 5. The molecule has 170 valence electrons. The van der Waals surface area contributed by atoms with Crippen LogP contribution in [0.1, 0.15) is 34.4 Å². The second-order valence-electron chi connectivity index (χ2n) is 8.30. The normalized spacial score (nSPS) is 18.5. The molecule has 0 saturated carbocycles. The largest absolute Gasteiger partial charge is 0.480 e. The number of halogens is 2. The van der Waals surface area contributed by atoms with E-state index in [1.165, 1.54) is 17.3 Å². The van der Waals surface area contributed by atoms with E-state index in [-0.39, 0.29) is 6.04 Å². The molecule has 4 aromatic rings. The van der Waals surface area contributed by atoms with Gasteiger partial charge in [-0.2, -0.15) is 4.98 Å². The number of nitrogens with one attached hydrogen (secondary N) is 1. The zero-order valence-electron chi connectivity index (χ0n) is 18.4. The molecule has 2 aliphatic rings. The lowest BCUT2D eigenvalue weighted by Crippen LogP contribution is -2.32. The van der Waals surface area contributed by atoms with Crippen molar-refractivity contribution < 1.29 is 4.74 Å². The fourth-order valence-corrected chi connectivity index (χ4v) is 5.34. The predicted octanol–water partition coefficient (Wildman–Crippen LogP) is 7.18. The van der Waals surface area contributed by atoms with E-state index in [1.807, 2.05) is 53.4 Å². The Morgan fingerprint density at radius 2 is 1.82 bits per heavy atom. The Hall–Kier alpha value is -2.93. The number of rotatable bonds is 3. The minimum absolute atomic E-state index is 0.242. The molecule has 1 N–H and O–H groups in total. The second kappa shape index (κ2) is 8.38. The summed E-state index contributed by atoms with van der Waals surface area (Å²) in [5, 5.41) is 10.3. The maximum absolute atomic E-state index is 6.70. The van der Waals surface area contributed by atoms with Crippen LogP contribution in [0.3, 0.4) is 0 Å². The van der Waals surface area contributed by atoms with E-state index in [4.69, 9.17) is 38.0 Å². The first kappa shape index (κ1) is 21.6. The molecule has 1 aromatic heterocycles. The molecule has 0 fully saturated rings. The minimum Gasteiger partial charge on any atom is -0.480 e. The molecule has 34 heavy (non-hydrogen) atoms. The Labute approximate surface area is 211 Å². The third-order valence-corrected chi connectivity index (χ3v) is 7.30. The average Bonchev–Trinajstić information content (AvgIpc) is 3.26. The molecule has 0 bridgehead atoms. The molecule has 0 aliphatic carbocycles. The highest BCUT2D eigenvalue weighted by atomic mass is 35.5. The highest BCUT2D eigenvalue weighted by Crippen LogP contribution is 2.52. The minimum atomic E-state index is -0.425. The van der Waals surface area contributed by atoms with Gasteiger partial charge in [0.2, 0.25) is 11.1 Å². The molecule has 3 heterocycles. The molecule has 0 saturated heterocycles. The van der Waals surface area contributed by atoms with Crippen molar-refractivity contribution in [2.45, 2.75) is 24.2 Å². The summed E-state index contributed by atoms with van der Waals surface area (Å²) >= 11 is 14.6. The van der Waals surface area contributed by atoms with Crippen molar-refractivity contribution in [3.05, 3.63) is 105 Å². The van der Waals surface area contributed by atoms with Gasteiger partial charge >= 0.3 is 0 Å². The third-order valence-electron chi connectivity index (χ3n) is 6.18. The first-order chi connectivity index (χ1) is 16.5. The Morgan fingerprint density at radius 1 is 1.03 bits per heavy atom. The van der Waals surface area contributed by atoms with Gasteiger partial charge in [0, 0.05) is 26.7 Å². The van der Waals surface area contributed by atoms with Gasteiger partial charge in [0.1, 0.15) is 11.8 Å². The zero-order valence-corrected chi connectivity index (χ0v) is 20.7. The Morgan fingerprint density at radius 3 is 2.59 bits per heavy atom. The highest BCUT2D eigenvalue weighted by molar-refractivity contribution is 7.98. The number of hydrogen-bond donors (Lipinski definition) is 1. The van der Waals surface area contributed by atoms with Crippen LogP contribution in [0, 0.1) is 6.92 Å². The van der Waals surface area contributed by atoms with Gasteiger partial charge in [-0.05, 0) is 43.0 Å². The van der Waals surface area contributed by atoms with Crippen LogP contribution < -0.4 is 10.1 Å². The number of fused-ring (bicyclic) bond motifs is 3. The number of ether oxygens (including phenoxy) is 1. The third kappa shape index (κ3) is 3.49. The zero-order chi connectivity index (χ0) is 23.4.